The van der Waals surface area contributed by atoms with Gasteiger partial charge in [-0.15, -0.1) is 0 Å². The maximum Gasteiger partial charge on any atom is 0.251 e. The molecular formula is C40H60N2O8. The van der Waals surface area contributed by atoms with Crippen LogP contribution in [0.4, 0.5) is 0 Å². The van der Waals surface area contributed by atoms with Crippen LogP contribution in [-0.4, -0.2) is 79.9 Å². The van der Waals surface area contributed by atoms with Gasteiger partial charge in [0.05, 0.1) is 45.4 Å². The van der Waals surface area contributed by atoms with Crippen LogP contribution >= 0.6 is 0 Å². The van der Waals surface area contributed by atoms with E-state index in [-0.39, 0.29) is 125 Å². The summed E-state index contributed by atoms with van der Waals surface area (Å²) in [5.74, 6) is 0.0443. The molecule has 1 amide bonds. The van der Waals surface area contributed by atoms with E-state index < -0.39 is 5.54 Å². The third kappa shape index (κ3) is 11.9. The number of fused-ring (bicyclic) bond motifs is 1. The van der Waals surface area contributed by atoms with Gasteiger partial charge in [0, 0.05) is 67.6 Å². The molecule has 1 aliphatic heterocycles. The lowest BCUT2D eigenvalue weighted by Crippen LogP contribution is -2.58. The summed E-state index contributed by atoms with van der Waals surface area (Å²) in [5, 5.41) is 3.09. The molecular weight excluding hydrogens is 636 g/mol. The molecule has 3 atom stereocenters. The lowest BCUT2D eigenvalue weighted by atomic mass is 9.93. The largest absolute Gasteiger partial charge is 0.378 e. The first kappa shape index (κ1) is 41.1. The minimum absolute atomic E-state index is 0. The van der Waals surface area contributed by atoms with Crippen molar-refractivity contribution >= 4 is 34.8 Å². The molecule has 1 aromatic rings. The number of carbonyl (C=O) groups excluding carboxylic acids is 5. The average Bonchev–Trinajstić information content (AvgIpc) is 3.90. The van der Waals surface area contributed by atoms with Gasteiger partial charge in [-0.2, -0.15) is 0 Å². The lowest BCUT2D eigenvalue weighted by Gasteiger charge is -2.34. The van der Waals surface area contributed by atoms with Crippen molar-refractivity contribution in [3.8, 4) is 0 Å². The number of aliphatic imine (C=N–C) groups is 1. The van der Waals surface area contributed by atoms with Gasteiger partial charge in [-0.05, 0) is 36.5 Å². The number of amides is 1. The molecule has 1 aliphatic carbocycles. The zero-order valence-corrected chi connectivity index (χ0v) is 31.3. The van der Waals surface area contributed by atoms with Crippen molar-refractivity contribution in [2.24, 2.45) is 40.5 Å². The predicted molar refractivity (Wildman–Crippen MR) is 195 cm³/mol. The van der Waals surface area contributed by atoms with Crippen LogP contribution in [0.25, 0.3) is 0 Å². The minimum atomic E-state index is -1.17. The van der Waals surface area contributed by atoms with E-state index in [9.17, 15) is 24.0 Å². The Kier molecular flexibility index (Phi) is 15.9. The van der Waals surface area contributed by atoms with E-state index in [0.29, 0.717) is 5.56 Å². The third-order valence-corrected chi connectivity index (χ3v) is 9.58. The Morgan fingerprint density at radius 1 is 0.760 bits per heavy atom. The zero-order valence-electron chi connectivity index (χ0n) is 31.3. The first-order chi connectivity index (χ1) is 23.7. The topological polar surface area (TPSA) is 137 Å². The Labute approximate surface area is 299 Å². The van der Waals surface area contributed by atoms with E-state index in [0.717, 1.165) is 29.7 Å². The number of hydrogen-bond donors (Lipinski definition) is 1. The van der Waals surface area contributed by atoms with Crippen LogP contribution in [0.2, 0.25) is 0 Å². The summed E-state index contributed by atoms with van der Waals surface area (Å²) in [6.07, 6.45) is 4.04. The zero-order chi connectivity index (χ0) is 37.0. The van der Waals surface area contributed by atoms with Gasteiger partial charge in [-0.3, -0.25) is 29.0 Å². The molecule has 278 valence electrons. The summed E-state index contributed by atoms with van der Waals surface area (Å²) in [6.45, 7) is 15.5. The number of hydrogen-bond acceptors (Lipinski definition) is 9. The fourth-order valence-electron chi connectivity index (χ4n) is 5.75. The van der Waals surface area contributed by atoms with Crippen LogP contribution in [0, 0.1) is 35.5 Å². The van der Waals surface area contributed by atoms with Gasteiger partial charge in [0.1, 0.15) is 22.9 Å². The molecule has 0 spiro atoms. The van der Waals surface area contributed by atoms with Gasteiger partial charge in [0.15, 0.2) is 5.78 Å². The highest BCUT2D eigenvalue weighted by Gasteiger charge is 2.47. The molecule has 1 heterocycles. The summed E-state index contributed by atoms with van der Waals surface area (Å²) < 4.78 is 18.0. The first-order valence-electron chi connectivity index (χ1n) is 18.3. The maximum atomic E-state index is 13.8. The number of ketones is 4. The van der Waals surface area contributed by atoms with Crippen LogP contribution in [0.5, 0.6) is 0 Å². The number of nitrogens with one attached hydrogen (secondary N) is 1. The number of rotatable bonds is 24. The van der Waals surface area contributed by atoms with Crippen LogP contribution in [-0.2, 0) is 33.4 Å². The van der Waals surface area contributed by atoms with Gasteiger partial charge >= 0.3 is 0 Å². The van der Waals surface area contributed by atoms with E-state index in [1.54, 1.807) is 18.3 Å². The number of allylic oxidation sites excluding steroid dienone is 1. The number of Topliss-reactive ketones (excluding diaryl/α,β-unsaturated/α-hetero) is 4. The van der Waals surface area contributed by atoms with Gasteiger partial charge < -0.3 is 19.5 Å². The fourth-order valence-corrected chi connectivity index (χ4v) is 5.75. The van der Waals surface area contributed by atoms with Crippen LogP contribution in [0.15, 0.2) is 41.0 Å². The third-order valence-electron chi connectivity index (χ3n) is 9.58. The fraction of sp³-hybridized carbons (Fsp3) is 0.650. The average molecular weight is 697 g/mol. The molecule has 0 saturated heterocycles. The van der Waals surface area contributed by atoms with Crippen molar-refractivity contribution in [3.63, 3.8) is 0 Å². The van der Waals surface area contributed by atoms with Gasteiger partial charge in [0.25, 0.3) is 5.91 Å². The van der Waals surface area contributed by atoms with Gasteiger partial charge in [0.2, 0.25) is 0 Å². The van der Waals surface area contributed by atoms with E-state index in [4.69, 9.17) is 14.2 Å². The molecule has 2 aliphatic rings. The van der Waals surface area contributed by atoms with Crippen molar-refractivity contribution in [2.45, 2.75) is 93.0 Å². The van der Waals surface area contributed by atoms with Crippen molar-refractivity contribution in [1.82, 2.24) is 5.32 Å². The second-order valence-electron chi connectivity index (χ2n) is 14.8. The molecule has 10 nitrogen and oxygen atoms in total. The molecule has 10 heteroatoms. The normalized spacial score (nSPS) is 17.7. The Morgan fingerprint density at radius 2 is 1.26 bits per heavy atom. The van der Waals surface area contributed by atoms with Crippen molar-refractivity contribution in [3.05, 3.63) is 47.2 Å². The summed E-state index contributed by atoms with van der Waals surface area (Å²) in [4.78, 5) is 68.1. The van der Waals surface area contributed by atoms with Crippen LogP contribution in [0.1, 0.15) is 105 Å². The summed E-state index contributed by atoms with van der Waals surface area (Å²) in [6, 6.07) is 7.22. The molecule has 0 aromatic heterocycles. The Bertz CT molecular complexity index is 1390. The molecule has 0 bridgehead atoms. The molecule has 1 aromatic carbocycles. The first-order valence-corrected chi connectivity index (χ1v) is 18.3. The predicted octanol–water partition coefficient (Wildman–Crippen LogP) is 6.23. The van der Waals surface area contributed by atoms with Crippen molar-refractivity contribution in [1.29, 1.82) is 0 Å². The lowest BCUT2D eigenvalue weighted by molar-refractivity contribution is -0.124. The number of ether oxygens (including phenoxy) is 3. The Hall–Kier alpha value is -3.34. The molecule has 1 N–H and O–H groups in total. The SMILES string of the molecule is CCC(C)C(=O)CCOCC(COCCC(=O)C(C)C)(COCCC(=O)C(C)C)NC(=O)c1ccc(C2=NC=C(C(=O)C(C)C)C3CC23)cc1.[HH]. The number of nitrogens with zero attached hydrogens (tertiary/aromatic N) is 1. The smallest absolute Gasteiger partial charge is 0.251 e. The van der Waals surface area contributed by atoms with E-state index in [2.05, 4.69) is 10.3 Å². The van der Waals surface area contributed by atoms with E-state index in [1.807, 2.05) is 67.5 Å². The van der Waals surface area contributed by atoms with Gasteiger partial charge in [-0.1, -0.05) is 67.5 Å². The Morgan fingerprint density at radius 3 is 1.72 bits per heavy atom. The van der Waals surface area contributed by atoms with Gasteiger partial charge in [-0.25, -0.2) is 0 Å². The van der Waals surface area contributed by atoms with Crippen LogP contribution < -0.4 is 5.32 Å². The quantitative estimate of drug-likeness (QED) is 0.126. The molecule has 3 unspecified atom stereocenters. The number of carbonyl (C=O) groups is 5. The van der Waals surface area contributed by atoms with E-state index >= 15 is 0 Å². The standard InChI is InChI=1S/C40H58N2O8.H2/c1-9-28(8)36(45)16-19-50-24-40(22-48-17-14-34(43)25(2)3,23-49-18-15-35(44)26(4)5)42-39(47)30-12-10-29(11-13-30)37-32-20-31(32)33(21-41-37)38(46)27(6)7;/h10-13,21,25-28,31-32H,9,14-20,22-24H2,1-8H3,(H,42,47);1H. The second-order valence-corrected chi connectivity index (χ2v) is 14.8. The second kappa shape index (κ2) is 19.3. The molecule has 50 heavy (non-hydrogen) atoms. The summed E-state index contributed by atoms with van der Waals surface area (Å²) in [7, 11) is 0. The minimum Gasteiger partial charge on any atom is -0.378 e. The number of benzene rings is 1. The highest BCUT2D eigenvalue weighted by molar-refractivity contribution is 6.09. The maximum absolute atomic E-state index is 13.8. The summed E-state index contributed by atoms with van der Waals surface area (Å²) >= 11 is 0. The molecule has 0 radical (unpaired) electrons. The molecule has 1 fully saturated rings. The van der Waals surface area contributed by atoms with Crippen molar-refractivity contribution < 1.29 is 39.6 Å². The van der Waals surface area contributed by atoms with Crippen molar-refractivity contribution in [2.75, 3.05) is 39.6 Å². The Balaban J connectivity index is 0.00000901. The molecule has 3 rings (SSSR count). The highest BCUT2D eigenvalue weighted by Crippen LogP contribution is 2.49. The van der Waals surface area contributed by atoms with Crippen LogP contribution in [0.3, 0.4) is 0 Å². The highest BCUT2D eigenvalue weighted by atomic mass is 16.5. The monoisotopic (exact) mass is 696 g/mol. The molecule has 1 saturated carbocycles. The summed E-state index contributed by atoms with van der Waals surface area (Å²) in [5.41, 5.74) is 1.86. The van der Waals surface area contributed by atoms with E-state index in [1.165, 1.54) is 0 Å².